The van der Waals surface area contributed by atoms with Crippen LogP contribution >= 0.6 is 0 Å². The van der Waals surface area contributed by atoms with E-state index in [1.165, 1.54) is 49.4 Å². The molecule has 1 aliphatic carbocycles. The summed E-state index contributed by atoms with van der Waals surface area (Å²) in [7, 11) is 0. The van der Waals surface area contributed by atoms with Crippen LogP contribution in [0.3, 0.4) is 0 Å². The number of para-hydroxylation sites is 2. The highest BCUT2D eigenvalue weighted by Gasteiger charge is 2.40. The van der Waals surface area contributed by atoms with Crippen LogP contribution in [0.5, 0.6) is 0 Å². The van der Waals surface area contributed by atoms with E-state index < -0.39 is 5.54 Å². The van der Waals surface area contributed by atoms with Gasteiger partial charge in [0.1, 0.15) is 22.3 Å². The van der Waals surface area contributed by atoms with Crippen molar-refractivity contribution in [2.24, 2.45) is 0 Å². The van der Waals surface area contributed by atoms with Gasteiger partial charge in [0.05, 0.1) is 5.54 Å². The standard InChI is InChI=1S/C69H48N2O2/c1-69(71(57-38-40-63-61-22-7-9-26-66(61)73-68(63)45-57)54-35-29-47(30-36-54)51-28-27-46-14-2-3-16-50(46)42-51)41-11-10-24-64(69)52-18-12-19-55(43-52)70(56-37-39-62-60-21-6-8-25-65(60)72-67(62)44-56)53-33-31-49(32-34-53)59-23-13-17-48-15-4-5-20-58(48)59/h2-45,64H,1H3. The van der Waals surface area contributed by atoms with Gasteiger partial charge in [-0.15, -0.1) is 0 Å². The molecule has 0 fully saturated rings. The quantitative estimate of drug-likeness (QED) is 0.144. The fraction of sp³-hybridized carbons (Fsp3) is 0.0435. The van der Waals surface area contributed by atoms with Crippen LogP contribution in [-0.2, 0) is 0 Å². The van der Waals surface area contributed by atoms with Gasteiger partial charge in [-0.05, 0) is 135 Å². The second-order valence-corrected chi connectivity index (χ2v) is 19.5. The maximum atomic E-state index is 6.57. The molecule has 4 heteroatoms. The Balaban J connectivity index is 0.897. The molecule has 13 aromatic rings. The van der Waals surface area contributed by atoms with Crippen molar-refractivity contribution in [3.8, 4) is 22.3 Å². The lowest BCUT2D eigenvalue weighted by atomic mass is 9.75. The Hall–Kier alpha value is -9.38. The number of benzene rings is 11. The minimum Gasteiger partial charge on any atom is -0.456 e. The third-order valence-corrected chi connectivity index (χ3v) is 15.1. The number of fused-ring (bicyclic) bond motifs is 8. The van der Waals surface area contributed by atoms with Gasteiger partial charge >= 0.3 is 0 Å². The van der Waals surface area contributed by atoms with Gasteiger partial charge in [-0.1, -0.05) is 176 Å². The molecule has 11 aromatic carbocycles. The molecule has 2 heterocycles. The van der Waals surface area contributed by atoms with Crippen LogP contribution in [0, 0.1) is 0 Å². The predicted molar refractivity (Wildman–Crippen MR) is 306 cm³/mol. The maximum absolute atomic E-state index is 6.57. The SMILES string of the molecule is CC1(N(c2ccc(-c3ccc4ccccc4c3)cc2)c2ccc3c(c2)oc2ccccc23)C=CC=CC1c1cccc(N(c2ccc(-c3cccc4ccccc34)cc2)c2ccc3c(c2)oc2ccccc23)c1. The average Bonchev–Trinajstić information content (AvgIpc) is 4.01. The van der Waals surface area contributed by atoms with Crippen LogP contribution in [0.25, 0.3) is 87.7 Å². The highest BCUT2D eigenvalue weighted by atomic mass is 16.3. The Bertz CT molecular complexity index is 4300. The first-order chi connectivity index (χ1) is 36.0. The van der Waals surface area contributed by atoms with Crippen molar-refractivity contribution < 1.29 is 8.83 Å². The lowest BCUT2D eigenvalue weighted by Gasteiger charge is -2.47. The fourth-order valence-corrected chi connectivity index (χ4v) is 11.5. The van der Waals surface area contributed by atoms with E-state index in [0.29, 0.717) is 0 Å². The first kappa shape index (κ1) is 42.5. The molecule has 0 saturated heterocycles. The number of allylic oxidation sites excluding steroid dienone is 2. The molecule has 2 atom stereocenters. The molecule has 0 spiro atoms. The van der Waals surface area contributed by atoms with Gasteiger partial charge in [0.15, 0.2) is 0 Å². The van der Waals surface area contributed by atoms with E-state index in [2.05, 4.69) is 265 Å². The summed E-state index contributed by atoms with van der Waals surface area (Å²) < 4.78 is 13.1. The zero-order valence-corrected chi connectivity index (χ0v) is 40.2. The van der Waals surface area contributed by atoms with E-state index in [9.17, 15) is 0 Å². The predicted octanol–water partition coefficient (Wildman–Crippen LogP) is 19.4. The Labute approximate surface area is 423 Å². The molecule has 0 amide bonds. The third kappa shape index (κ3) is 7.29. The van der Waals surface area contributed by atoms with Gasteiger partial charge in [-0.25, -0.2) is 0 Å². The van der Waals surface area contributed by atoms with Crippen LogP contribution in [0.2, 0.25) is 0 Å². The van der Waals surface area contributed by atoms with Gasteiger partial charge in [0, 0.05) is 68.0 Å². The summed E-state index contributed by atoms with van der Waals surface area (Å²) in [6, 6.07) is 87.5. The first-order valence-corrected chi connectivity index (χ1v) is 25.1. The summed E-state index contributed by atoms with van der Waals surface area (Å²) in [6.07, 6.45) is 9.12. The van der Waals surface area contributed by atoms with E-state index in [4.69, 9.17) is 8.83 Å². The molecule has 2 aromatic heterocycles. The van der Waals surface area contributed by atoms with Crippen LogP contribution < -0.4 is 9.80 Å². The molecule has 0 bridgehead atoms. The summed E-state index contributed by atoms with van der Waals surface area (Å²) in [5.74, 6) is -0.0718. The van der Waals surface area contributed by atoms with Crippen molar-refractivity contribution in [3.05, 3.63) is 273 Å². The van der Waals surface area contributed by atoms with Gasteiger partial charge < -0.3 is 18.6 Å². The second-order valence-electron chi connectivity index (χ2n) is 19.5. The highest BCUT2D eigenvalue weighted by molar-refractivity contribution is 6.07. The summed E-state index contributed by atoms with van der Waals surface area (Å²) in [5, 5.41) is 9.36. The van der Waals surface area contributed by atoms with Crippen LogP contribution in [0.4, 0.5) is 28.4 Å². The highest BCUT2D eigenvalue weighted by Crippen LogP contribution is 2.48. The van der Waals surface area contributed by atoms with E-state index >= 15 is 0 Å². The van der Waals surface area contributed by atoms with Crippen LogP contribution in [-0.4, -0.2) is 5.54 Å². The van der Waals surface area contributed by atoms with Crippen molar-refractivity contribution in [1.29, 1.82) is 0 Å². The maximum Gasteiger partial charge on any atom is 0.137 e. The Morgan fingerprint density at radius 2 is 0.904 bits per heavy atom. The zero-order valence-electron chi connectivity index (χ0n) is 40.2. The van der Waals surface area contributed by atoms with Crippen molar-refractivity contribution in [2.75, 3.05) is 9.80 Å². The molecular formula is C69H48N2O2. The van der Waals surface area contributed by atoms with Crippen molar-refractivity contribution in [1.82, 2.24) is 0 Å². The topological polar surface area (TPSA) is 32.8 Å². The lowest BCUT2D eigenvalue weighted by Crippen LogP contribution is -2.47. The van der Waals surface area contributed by atoms with E-state index in [-0.39, 0.29) is 5.92 Å². The van der Waals surface area contributed by atoms with Gasteiger partial charge in [-0.2, -0.15) is 0 Å². The number of hydrogen-bond donors (Lipinski definition) is 0. The molecule has 14 rings (SSSR count). The molecule has 0 saturated carbocycles. The average molecular weight is 937 g/mol. The monoisotopic (exact) mass is 936 g/mol. The van der Waals surface area contributed by atoms with Crippen molar-refractivity contribution in [2.45, 2.75) is 18.4 Å². The number of nitrogens with zero attached hydrogens (tertiary/aromatic N) is 2. The van der Waals surface area contributed by atoms with Gasteiger partial charge in [0.2, 0.25) is 0 Å². The Morgan fingerprint density at radius 1 is 0.356 bits per heavy atom. The Morgan fingerprint density at radius 3 is 1.66 bits per heavy atom. The normalized spacial score (nSPS) is 15.5. The number of furan rings is 2. The van der Waals surface area contributed by atoms with E-state index in [1.807, 2.05) is 18.2 Å². The van der Waals surface area contributed by atoms with E-state index in [0.717, 1.165) is 72.3 Å². The number of anilines is 5. The molecule has 4 nitrogen and oxygen atoms in total. The molecule has 0 N–H and O–H groups in total. The zero-order chi connectivity index (χ0) is 48.5. The van der Waals surface area contributed by atoms with Gasteiger partial charge in [0.25, 0.3) is 0 Å². The number of rotatable bonds is 9. The summed E-state index contributed by atoms with van der Waals surface area (Å²) in [6.45, 7) is 2.36. The molecular weight excluding hydrogens is 889 g/mol. The van der Waals surface area contributed by atoms with Crippen LogP contribution in [0.15, 0.2) is 276 Å². The molecule has 0 radical (unpaired) electrons. The van der Waals surface area contributed by atoms with Crippen molar-refractivity contribution in [3.63, 3.8) is 0 Å². The molecule has 346 valence electrons. The third-order valence-electron chi connectivity index (χ3n) is 15.1. The lowest BCUT2D eigenvalue weighted by molar-refractivity contribution is 0.506. The molecule has 2 unspecified atom stereocenters. The summed E-state index contributed by atoms with van der Waals surface area (Å²) in [4.78, 5) is 4.86. The second kappa shape index (κ2) is 17.2. The summed E-state index contributed by atoms with van der Waals surface area (Å²) >= 11 is 0. The van der Waals surface area contributed by atoms with Gasteiger partial charge in [-0.3, -0.25) is 0 Å². The Kier molecular flexibility index (Phi) is 10.0. The van der Waals surface area contributed by atoms with E-state index in [1.54, 1.807) is 0 Å². The van der Waals surface area contributed by atoms with Crippen LogP contribution in [0.1, 0.15) is 18.4 Å². The minimum absolute atomic E-state index is 0.0718. The fourth-order valence-electron chi connectivity index (χ4n) is 11.5. The summed E-state index contributed by atoms with van der Waals surface area (Å²) in [5.41, 5.74) is 14.1. The smallest absolute Gasteiger partial charge is 0.137 e. The number of hydrogen-bond acceptors (Lipinski definition) is 4. The molecule has 0 aliphatic heterocycles. The largest absolute Gasteiger partial charge is 0.456 e. The minimum atomic E-state index is -0.574. The van der Waals surface area contributed by atoms with Crippen molar-refractivity contribution >= 4 is 93.9 Å². The first-order valence-electron chi connectivity index (χ1n) is 25.1. The molecule has 1 aliphatic rings. The molecule has 73 heavy (non-hydrogen) atoms.